The number of hydrogen-bond acceptors (Lipinski definition) is 1. The number of fused-ring (bicyclic) bond motifs is 4. The topological polar surface area (TPSA) is 3.24 Å². The van der Waals surface area contributed by atoms with Crippen LogP contribution in [-0.2, 0) is 5.41 Å². The lowest BCUT2D eigenvalue weighted by molar-refractivity contribution is 0.760. The molecule has 0 bridgehead atoms. The van der Waals surface area contributed by atoms with Gasteiger partial charge in [-0.3, -0.25) is 0 Å². The average Bonchev–Trinajstić information content (AvgIpc) is 3.84. The minimum absolute atomic E-state index is 0.0286. The van der Waals surface area contributed by atoms with E-state index in [-0.39, 0.29) is 28.7 Å². The highest BCUT2D eigenvalue weighted by Gasteiger charge is 2.44. The molecule has 0 saturated carbocycles. The maximum atomic E-state index is 10.6. The second-order valence-electron chi connectivity index (χ2n) is 15.7. The third-order valence-electron chi connectivity index (χ3n) is 12.1. The Morgan fingerprint density at radius 2 is 1.02 bits per heavy atom. The van der Waals surface area contributed by atoms with Gasteiger partial charge in [-0.15, -0.1) is 0 Å². The van der Waals surface area contributed by atoms with Gasteiger partial charge in [0.25, 0.3) is 0 Å². The lowest BCUT2D eigenvalue weighted by Crippen LogP contribution is -2.30. The van der Waals surface area contributed by atoms with E-state index in [1.807, 2.05) is 127 Å². The number of anilines is 2. The van der Waals surface area contributed by atoms with Crippen molar-refractivity contribution >= 4 is 39.0 Å². The molecule has 0 unspecified atom stereocenters. The van der Waals surface area contributed by atoms with Crippen LogP contribution in [0, 0.1) is 0 Å². The van der Waals surface area contributed by atoms with E-state index in [1.54, 1.807) is 42.5 Å². The monoisotopic (exact) mass is 826 g/mol. The Hall–Kier alpha value is -8.26. The van der Waals surface area contributed by atoms with Gasteiger partial charge >= 0.3 is 0 Å². The Kier molecular flexibility index (Phi) is 7.33. The van der Waals surface area contributed by atoms with Crippen LogP contribution in [0.4, 0.5) is 11.4 Å². The van der Waals surface area contributed by atoms with Gasteiger partial charge in [-0.1, -0.05) is 219 Å². The molecule has 0 aliphatic heterocycles. The Morgan fingerprint density at radius 3 is 1.67 bits per heavy atom. The molecule has 1 aliphatic carbocycles. The van der Waals surface area contributed by atoms with E-state index in [4.69, 9.17) is 4.11 Å². The van der Waals surface area contributed by atoms with E-state index in [1.165, 1.54) is 4.90 Å². The minimum Gasteiger partial charge on any atom is -0.311 e. The molecule has 0 heterocycles. The first-order valence-corrected chi connectivity index (χ1v) is 21.1. The summed E-state index contributed by atoms with van der Waals surface area (Å²) in [6.45, 7) is 0.797. The van der Waals surface area contributed by atoms with Gasteiger partial charge in [0.2, 0.25) is 0 Å². The molecule has 1 heteroatoms. The molecule has 0 spiro atoms. The second kappa shape index (κ2) is 16.5. The van der Waals surface area contributed by atoms with Crippen molar-refractivity contribution < 1.29 is 15.1 Å². The number of allylic oxidation sites excluding steroid dienone is 3. The van der Waals surface area contributed by atoms with E-state index < -0.39 is 70.9 Å². The van der Waals surface area contributed by atoms with E-state index in [9.17, 15) is 11.0 Å². The summed E-state index contributed by atoms with van der Waals surface area (Å²) < 4.78 is 105. The van der Waals surface area contributed by atoms with Gasteiger partial charge in [-0.25, -0.2) is 0 Å². The molecule has 1 nitrogen and oxygen atoms in total. The van der Waals surface area contributed by atoms with Crippen molar-refractivity contribution in [3.8, 4) is 33.4 Å². The van der Waals surface area contributed by atoms with Crippen LogP contribution in [0.2, 0.25) is 0 Å². The summed E-state index contributed by atoms with van der Waals surface area (Å²) in [6.07, 6.45) is 1.90. The molecule has 1 aliphatic rings. The molecule has 0 aromatic heterocycles. The van der Waals surface area contributed by atoms with Gasteiger partial charge in [0.05, 0.1) is 20.5 Å². The fourth-order valence-corrected chi connectivity index (χ4v) is 9.13. The SMILES string of the molecule is [2H]C=C([2H])/C(=C(/[2H])C1=Cc2ccccc2C1(c1ccccc1)c1ccccc1)N(c1ccc(-c2cc3ccccc3c3ccccc23)cc1)c1c([2H])c([2H])c(-c2c([2H])c([2H])c(-c3ccccc3)c([2H])c2[2H])c([2H])c1[2H]. The van der Waals surface area contributed by atoms with Gasteiger partial charge in [0.1, 0.15) is 0 Å². The zero-order valence-corrected chi connectivity index (χ0v) is 34.6. The smallest absolute Gasteiger partial charge is 0.0708 e. The van der Waals surface area contributed by atoms with E-state index in [0.29, 0.717) is 11.1 Å². The maximum absolute atomic E-state index is 10.6. The van der Waals surface area contributed by atoms with Crippen molar-refractivity contribution in [3.05, 3.63) is 295 Å². The van der Waals surface area contributed by atoms with Gasteiger partial charge in [0, 0.05) is 17.1 Å². The first-order chi connectivity index (χ1) is 36.4. The first-order valence-electron chi connectivity index (χ1n) is 26.7. The molecule has 0 saturated heterocycles. The predicted octanol–water partition coefficient (Wildman–Crippen LogP) is 16.6. The van der Waals surface area contributed by atoms with Crippen LogP contribution >= 0.6 is 0 Å². The number of nitrogens with zero attached hydrogens (tertiary/aromatic N) is 1. The van der Waals surface area contributed by atoms with Crippen LogP contribution in [0.25, 0.3) is 61.0 Å². The molecule has 64 heavy (non-hydrogen) atoms. The summed E-state index contributed by atoms with van der Waals surface area (Å²) in [6, 6.07) is 56.3. The van der Waals surface area contributed by atoms with Crippen molar-refractivity contribution in [2.45, 2.75) is 5.41 Å². The van der Waals surface area contributed by atoms with Crippen LogP contribution < -0.4 is 4.90 Å². The van der Waals surface area contributed by atoms with Crippen LogP contribution in [0.5, 0.6) is 0 Å². The summed E-state index contributed by atoms with van der Waals surface area (Å²) in [7, 11) is 0. The van der Waals surface area contributed by atoms with Gasteiger partial charge in [0.15, 0.2) is 0 Å². The highest BCUT2D eigenvalue weighted by atomic mass is 15.1. The van der Waals surface area contributed by atoms with E-state index >= 15 is 0 Å². The van der Waals surface area contributed by atoms with Crippen LogP contribution in [0.3, 0.4) is 0 Å². The van der Waals surface area contributed by atoms with E-state index in [0.717, 1.165) is 61.5 Å². The highest BCUT2D eigenvalue weighted by molar-refractivity contribution is 6.13. The summed E-state index contributed by atoms with van der Waals surface area (Å²) in [5, 5.41) is 4.20. The predicted molar refractivity (Wildman–Crippen MR) is 272 cm³/mol. The van der Waals surface area contributed by atoms with Gasteiger partial charge in [-0.05, 0) is 131 Å². The average molecular weight is 827 g/mol. The molecule has 11 rings (SSSR count). The largest absolute Gasteiger partial charge is 0.311 e. The quantitative estimate of drug-likeness (QED) is 0.0981. The van der Waals surface area contributed by atoms with Crippen LogP contribution in [-0.4, -0.2) is 0 Å². The Labute approximate surface area is 391 Å². The third-order valence-corrected chi connectivity index (χ3v) is 12.1. The molecule has 0 atom stereocenters. The Balaban J connectivity index is 1.20. The fourth-order valence-electron chi connectivity index (χ4n) is 9.13. The molecule has 10 aromatic carbocycles. The first kappa shape index (κ1) is 28.4. The summed E-state index contributed by atoms with van der Waals surface area (Å²) >= 11 is 0. The zero-order valence-electron chi connectivity index (χ0n) is 45.6. The molecular weight excluding hydrogens is 771 g/mol. The number of benzene rings is 10. The summed E-state index contributed by atoms with van der Waals surface area (Å²) in [4.78, 5) is 1.35. The molecule has 0 fully saturated rings. The second-order valence-corrected chi connectivity index (χ2v) is 15.7. The number of rotatable bonds is 10. The van der Waals surface area contributed by atoms with Gasteiger partial charge < -0.3 is 4.90 Å². The molecule has 0 N–H and O–H groups in total. The zero-order chi connectivity index (χ0) is 52.3. The Morgan fingerprint density at radius 1 is 0.484 bits per heavy atom. The molecule has 0 radical (unpaired) electrons. The van der Waals surface area contributed by atoms with Crippen molar-refractivity contribution in [1.29, 1.82) is 0 Å². The lowest BCUT2D eigenvalue weighted by Gasteiger charge is -2.36. The minimum atomic E-state index is -1.15. The molecule has 0 amide bonds. The highest BCUT2D eigenvalue weighted by Crippen LogP contribution is 2.52. The molecule has 10 aromatic rings. The van der Waals surface area contributed by atoms with Crippen molar-refractivity contribution in [3.63, 3.8) is 0 Å². The lowest BCUT2D eigenvalue weighted by atomic mass is 9.67. The van der Waals surface area contributed by atoms with Crippen LogP contribution in [0.1, 0.15) is 37.3 Å². The normalized spacial score (nSPS) is 16.0. The van der Waals surface area contributed by atoms with Crippen molar-refractivity contribution in [2.75, 3.05) is 4.90 Å². The summed E-state index contributed by atoms with van der Waals surface area (Å²) in [5.74, 6) is 0. The fraction of sp³-hybridized carbons (Fsp3) is 0.0159. The van der Waals surface area contributed by atoms with E-state index in [2.05, 4.69) is 30.3 Å². The van der Waals surface area contributed by atoms with Gasteiger partial charge in [-0.2, -0.15) is 0 Å². The molecule has 302 valence electrons. The maximum Gasteiger partial charge on any atom is 0.0708 e. The molecular formula is C63H45N. The van der Waals surface area contributed by atoms with Crippen molar-refractivity contribution in [1.82, 2.24) is 0 Å². The standard InChI is InChI=1S/C63H45N/c1-2-55(44-54-42-51-21-13-17-29-62(51)63(54,52-22-8-4-9-23-52)53-24-10-5-11-25-53)64(56-38-34-48(35-39-56)47-32-30-46(31-33-47)45-18-6-3-7-19-45)57-40-36-49(37-41-57)61-43-50-20-12-14-26-58(50)59-27-15-16-28-60(59)61/h2-44H,1H2/b55-44+/i1D,2D,30D,31D,32D,33D,34D,35D,38D,39D,44D/b2-1?,55-44+. The van der Waals surface area contributed by atoms with Crippen LogP contribution in [0.15, 0.2) is 272 Å². The summed E-state index contributed by atoms with van der Waals surface area (Å²) in [5.41, 5.74) is 3.66. The number of hydrogen-bond donors (Lipinski definition) is 0. The Bertz CT molecular complexity index is 3900. The third kappa shape index (κ3) is 6.76. The van der Waals surface area contributed by atoms with Crippen molar-refractivity contribution in [2.24, 2.45) is 0 Å².